The molecule has 0 atom stereocenters. The predicted octanol–water partition coefficient (Wildman–Crippen LogP) is 0.935. The Labute approximate surface area is 118 Å². The maximum Gasteiger partial charge on any atom is 0.242 e. The second-order valence-electron chi connectivity index (χ2n) is 3.66. The number of rotatable bonds is 5. The highest BCUT2D eigenvalue weighted by molar-refractivity contribution is 9.10. The van der Waals surface area contributed by atoms with E-state index in [2.05, 4.69) is 30.8 Å². The number of nitrogen functional groups attached to an aromatic ring is 1. The Morgan fingerprint density at radius 3 is 2.84 bits per heavy atom. The van der Waals surface area contributed by atoms with E-state index < -0.39 is 10.0 Å². The highest BCUT2D eigenvalue weighted by Gasteiger charge is 2.17. The summed E-state index contributed by atoms with van der Waals surface area (Å²) in [6.45, 7) is 0.153. The number of nitrogens with one attached hydrogen (secondary N) is 1. The summed E-state index contributed by atoms with van der Waals surface area (Å²) in [5, 5.41) is 3.43. The van der Waals surface area contributed by atoms with E-state index in [0.29, 0.717) is 12.3 Å². The van der Waals surface area contributed by atoms with Gasteiger partial charge in [0.25, 0.3) is 0 Å². The van der Waals surface area contributed by atoms with Crippen LogP contribution in [0, 0.1) is 0 Å². The van der Waals surface area contributed by atoms with Crippen molar-refractivity contribution in [3.63, 3.8) is 0 Å². The van der Waals surface area contributed by atoms with Crippen LogP contribution in [0.3, 0.4) is 0 Å². The number of anilines is 1. The number of benzene rings is 1. The molecule has 0 saturated carbocycles. The van der Waals surface area contributed by atoms with Gasteiger partial charge in [0.15, 0.2) is 6.33 Å². The average molecular weight is 347 g/mol. The van der Waals surface area contributed by atoms with Crippen LogP contribution in [0.25, 0.3) is 0 Å². The summed E-state index contributed by atoms with van der Waals surface area (Å²) >= 11 is 3.22. The number of sulfonamides is 1. The number of halogens is 1. The molecular formula is C10H11BrN4O3S. The maximum absolute atomic E-state index is 12.0. The Morgan fingerprint density at radius 1 is 1.42 bits per heavy atom. The summed E-state index contributed by atoms with van der Waals surface area (Å²) in [5.74, 6) is 0.367. The molecule has 0 unspecified atom stereocenters. The summed E-state index contributed by atoms with van der Waals surface area (Å²) in [6.07, 6.45) is 1.58. The van der Waals surface area contributed by atoms with Crippen LogP contribution in [-0.2, 0) is 16.4 Å². The number of hydrogen-bond acceptors (Lipinski definition) is 6. The lowest BCUT2D eigenvalue weighted by Gasteiger charge is -2.08. The van der Waals surface area contributed by atoms with Crippen molar-refractivity contribution in [2.45, 2.75) is 11.3 Å². The molecule has 0 radical (unpaired) electrons. The minimum atomic E-state index is -3.65. The molecule has 2 aromatic rings. The molecule has 0 amide bonds. The quantitative estimate of drug-likeness (QED) is 0.779. The topological polar surface area (TPSA) is 111 Å². The molecular weight excluding hydrogens is 336 g/mol. The fourth-order valence-corrected chi connectivity index (χ4v) is 2.96. The number of hydrogen-bond donors (Lipinski definition) is 2. The van der Waals surface area contributed by atoms with E-state index in [1.54, 1.807) is 6.07 Å². The SMILES string of the molecule is Nc1cc(Br)ccc1S(=O)(=O)NCCc1ncno1. The van der Waals surface area contributed by atoms with Crippen molar-refractivity contribution in [2.75, 3.05) is 12.3 Å². The first kappa shape index (κ1) is 14.0. The van der Waals surface area contributed by atoms with Crippen molar-refractivity contribution in [1.29, 1.82) is 0 Å². The number of aromatic nitrogens is 2. The van der Waals surface area contributed by atoms with Crippen molar-refractivity contribution < 1.29 is 12.9 Å². The third kappa shape index (κ3) is 3.52. The lowest BCUT2D eigenvalue weighted by molar-refractivity contribution is 0.377. The molecule has 0 aliphatic carbocycles. The lowest BCUT2D eigenvalue weighted by atomic mass is 10.3. The Balaban J connectivity index is 2.05. The Bertz CT molecular complexity index is 657. The summed E-state index contributed by atoms with van der Waals surface area (Å²) < 4.78 is 31.9. The second-order valence-corrected chi connectivity index (χ2v) is 6.32. The maximum atomic E-state index is 12.0. The van der Waals surface area contributed by atoms with Gasteiger partial charge in [-0.3, -0.25) is 0 Å². The Morgan fingerprint density at radius 2 is 2.21 bits per heavy atom. The second kappa shape index (κ2) is 5.68. The molecule has 1 aromatic heterocycles. The van der Waals surface area contributed by atoms with Gasteiger partial charge >= 0.3 is 0 Å². The van der Waals surface area contributed by atoms with Crippen molar-refractivity contribution >= 4 is 31.6 Å². The molecule has 0 spiro atoms. The third-order valence-corrected chi connectivity index (χ3v) is 4.33. The van der Waals surface area contributed by atoms with Crippen LogP contribution >= 0.6 is 15.9 Å². The van der Waals surface area contributed by atoms with Crippen LogP contribution in [0.5, 0.6) is 0 Å². The van der Waals surface area contributed by atoms with Gasteiger partial charge in [-0.25, -0.2) is 13.1 Å². The van der Waals surface area contributed by atoms with E-state index in [4.69, 9.17) is 10.3 Å². The van der Waals surface area contributed by atoms with Crippen molar-refractivity contribution in [1.82, 2.24) is 14.9 Å². The van der Waals surface area contributed by atoms with E-state index >= 15 is 0 Å². The zero-order valence-corrected chi connectivity index (χ0v) is 12.1. The summed E-state index contributed by atoms with van der Waals surface area (Å²) in [4.78, 5) is 3.84. The predicted molar refractivity (Wildman–Crippen MR) is 71.7 cm³/mol. The smallest absolute Gasteiger partial charge is 0.242 e. The highest BCUT2D eigenvalue weighted by atomic mass is 79.9. The fraction of sp³-hybridized carbons (Fsp3) is 0.200. The van der Waals surface area contributed by atoms with Gasteiger partial charge in [0.1, 0.15) is 4.90 Å². The molecule has 0 saturated heterocycles. The summed E-state index contributed by atoms with van der Waals surface area (Å²) in [7, 11) is -3.65. The fourth-order valence-electron chi connectivity index (χ4n) is 1.44. The molecule has 2 rings (SSSR count). The van der Waals surface area contributed by atoms with Gasteiger partial charge in [-0.05, 0) is 18.2 Å². The molecule has 1 aromatic carbocycles. The third-order valence-electron chi connectivity index (χ3n) is 2.30. The minimum Gasteiger partial charge on any atom is -0.398 e. The summed E-state index contributed by atoms with van der Waals surface area (Å²) in [6, 6.07) is 4.59. The van der Waals surface area contributed by atoms with Gasteiger partial charge in [-0.1, -0.05) is 21.1 Å². The van der Waals surface area contributed by atoms with Crippen molar-refractivity contribution in [3.8, 4) is 0 Å². The molecule has 9 heteroatoms. The first-order chi connectivity index (χ1) is 8.99. The molecule has 102 valence electrons. The van der Waals surface area contributed by atoms with E-state index in [0.717, 1.165) is 4.47 Å². The average Bonchev–Trinajstić information content (AvgIpc) is 2.81. The van der Waals surface area contributed by atoms with Gasteiger partial charge in [0, 0.05) is 17.4 Å². The van der Waals surface area contributed by atoms with Gasteiger partial charge in [-0.2, -0.15) is 4.98 Å². The van der Waals surface area contributed by atoms with Crippen LogP contribution in [0.4, 0.5) is 5.69 Å². The molecule has 1 heterocycles. The summed E-state index contributed by atoms with van der Waals surface area (Å²) in [5.41, 5.74) is 5.86. The highest BCUT2D eigenvalue weighted by Crippen LogP contribution is 2.22. The normalized spacial score (nSPS) is 11.6. The molecule has 0 aliphatic rings. The van der Waals surface area contributed by atoms with Crippen molar-refractivity contribution in [3.05, 3.63) is 34.9 Å². The standard InChI is InChI=1S/C10H11BrN4O3S/c11-7-1-2-9(8(12)5-7)19(16,17)15-4-3-10-13-6-14-18-10/h1-2,5-6,15H,3-4,12H2. The Hall–Kier alpha value is -1.45. The van der Waals surface area contributed by atoms with Crippen LogP contribution < -0.4 is 10.5 Å². The Kier molecular flexibility index (Phi) is 4.17. The monoisotopic (exact) mass is 346 g/mol. The van der Waals surface area contributed by atoms with E-state index in [1.807, 2.05) is 0 Å². The van der Waals surface area contributed by atoms with Crippen molar-refractivity contribution in [2.24, 2.45) is 0 Å². The first-order valence-electron chi connectivity index (χ1n) is 5.29. The minimum absolute atomic E-state index is 0.0428. The van der Waals surface area contributed by atoms with Crippen LogP contribution in [0.15, 0.2) is 38.4 Å². The largest absolute Gasteiger partial charge is 0.398 e. The van der Waals surface area contributed by atoms with Crippen LogP contribution in [0.2, 0.25) is 0 Å². The molecule has 0 fully saturated rings. The van der Waals surface area contributed by atoms with E-state index in [9.17, 15) is 8.42 Å². The van der Waals surface area contributed by atoms with Gasteiger partial charge < -0.3 is 10.3 Å². The number of nitrogens with zero attached hydrogens (tertiary/aromatic N) is 2. The zero-order chi connectivity index (χ0) is 13.9. The number of nitrogens with two attached hydrogens (primary N) is 1. The molecule has 7 nitrogen and oxygen atoms in total. The molecule has 3 N–H and O–H groups in total. The molecule has 19 heavy (non-hydrogen) atoms. The lowest BCUT2D eigenvalue weighted by Crippen LogP contribution is -2.26. The first-order valence-corrected chi connectivity index (χ1v) is 7.57. The van der Waals surface area contributed by atoms with Gasteiger partial charge in [-0.15, -0.1) is 0 Å². The van der Waals surface area contributed by atoms with Crippen LogP contribution in [-0.4, -0.2) is 25.1 Å². The van der Waals surface area contributed by atoms with Crippen LogP contribution in [0.1, 0.15) is 5.89 Å². The van der Waals surface area contributed by atoms with E-state index in [-0.39, 0.29) is 17.1 Å². The van der Waals surface area contributed by atoms with Gasteiger partial charge in [0.2, 0.25) is 15.9 Å². The van der Waals surface area contributed by atoms with Gasteiger partial charge in [0.05, 0.1) is 5.69 Å². The molecule has 0 bridgehead atoms. The van der Waals surface area contributed by atoms with E-state index in [1.165, 1.54) is 18.5 Å². The molecule has 0 aliphatic heterocycles. The zero-order valence-electron chi connectivity index (χ0n) is 9.71.